The van der Waals surface area contributed by atoms with Gasteiger partial charge in [-0.1, -0.05) is 186 Å². The van der Waals surface area contributed by atoms with Crippen molar-refractivity contribution in [3.8, 4) is 62.4 Å². The van der Waals surface area contributed by atoms with E-state index in [1.54, 1.807) is 6.07 Å². The topological polar surface area (TPSA) is 53.5 Å². The number of rotatable bonds is 7. The van der Waals surface area contributed by atoms with Gasteiger partial charge < -0.3 is 13.7 Å². The maximum atomic E-state index is 14.6. The van der Waals surface area contributed by atoms with Gasteiger partial charge in [0.05, 0.1) is 50.0 Å². The second kappa shape index (κ2) is 20.5. The summed E-state index contributed by atoms with van der Waals surface area (Å²) in [6.07, 6.45) is -4.53. The fourth-order valence-corrected chi connectivity index (χ4v) is 12.9. The Morgan fingerprint density at radius 3 is 1.16 bits per heavy atom. The maximum Gasteiger partial charge on any atom is 0.416 e. The quantitative estimate of drug-likeness (QED) is 0.160. The van der Waals surface area contributed by atoms with Gasteiger partial charge >= 0.3 is 6.18 Å². The molecule has 0 aliphatic rings. The average molecular weight is 1170 g/mol. The maximum absolute atomic E-state index is 14.6. The lowest BCUT2D eigenvalue weighted by Gasteiger charge is -2.26. The van der Waals surface area contributed by atoms with E-state index in [1.165, 1.54) is 34.4 Å². The molecule has 0 aliphatic carbocycles. The summed E-state index contributed by atoms with van der Waals surface area (Å²) in [6.45, 7) is 27.0. The van der Waals surface area contributed by atoms with Gasteiger partial charge in [0, 0.05) is 65.8 Å². The van der Waals surface area contributed by atoms with Crippen LogP contribution in [0.3, 0.4) is 0 Å². The molecule has 9 heteroatoms. The van der Waals surface area contributed by atoms with E-state index in [2.05, 4.69) is 255 Å². The number of alkyl halides is 3. The zero-order chi connectivity index (χ0) is 62.3. The SMILES string of the molecule is CC(C)(C)c1cc(-c2nc(-c3cc(C(C)(C)C)cc(C(C)(C)C)c3)nc(-c3ccc(-n4c5ccccc5c5cc6c7ccccc7n(-c7ccccc7)c6cc54)c(-c4ccccc4-n4c5ccccc5c5cc(C(F)(F)F)ccc54)c3)n2)cc(C(C)(C)C)c1. The summed E-state index contributed by atoms with van der Waals surface area (Å²) in [5.41, 5.74) is 16.0. The van der Waals surface area contributed by atoms with Crippen molar-refractivity contribution in [2.75, 3.05) is 0 Å². The molecule has 0 atom stereocenters. The predicted molar refractivity (Wildman–Crippen MR) is 364 cm³/mol. The van der Waals surface area contributed by atoms with E-state index in [4.69, 9.17) is 15.0 Å². The minimum absolute atomic E-state index is 0.177. The van der Waals surface area contributed by atoms with Crippen LogP contribution in [0.2, 0.25) is 0 Å². The molecule has 0 radical (unpaired) electrons. The van der Waals surface area contributed by atoms with Crippen LogP contribution in [0.15, 0.2) is 212 Å². The van der Waals surface area contributed by atoms with Crippen molar-refractivity contribution in [2.45, 2.75) is 111 Å². The molecule has 4 heterocycles. The van der Waals surface area contributed by atoms with E-state index in [-0.39, 0.29) is 21.7 Å². The summed E-state index contributed by atoms with van der Waals surface area (Å²) in [5, 5.41) is 5.73. The summed E-state index contributed by atoms with van der Waals surface area (Å²) in [7, 11) is 0. The van der Waals surface area contributed by atoms with E-state index in [0.717, 1.165) is 99.4 Å². The number of benzene rings is 10. The number of hydrogen-bond donors (Lipinski definition) is 0. The van der Waals surface area contributed by atoms with E-state index < -0.39 is 11.7 Å². The largest absolute Gasteiger partial charge is 0.416 e. The zero-order valence-electron chi connectivity index (χ0n) is 52.5. The first-order chi connectivity index (χ1) is 42.3. The first kappa shape index (κ1) is 57.2. The Bertz CT molecular complexity index is 5000. The van der Waals surface area contributed by atoms with Crippen molar-refractivity contribution < 1.29 is 13.2 Å². The summed E-state index contributed by atoms with van der Waals surface area (Å²) < 4.78 is 50.8. The Balaban J connectivity index is 1.10. The van der Waals surface area contributed by atoms with Crippen molar-refractivity contribution in [2.24, 2.45) is 0 Å². The molecule has 0 bridgehead atoms. The normalized spacial score (nSPS) is 12.9. The number of hydrogen-bond acceptors (Lipinski definition) is 3. The van der Waals surface area contributed by atoms with Crippen LogP contribution in [-0.4, -0.2) is 28.7 Å². The Kier molecular flexibility index (Phi) is 13.2. The first-order valence-electron chi connectivity index (χ1n) is 30.7. The minimum Gasteiger partial charge on any atom is -0.309 e. The van der Waals surface area contributed by atoms with E-state index in [9.17, 15) is 13.2 Å². The van der Waals surface area contributed by atoms with Crippen molar-refractivity contribution in [3.63, 3.8) is 0 Å². The molecular weight excluding hydrogens is 1100 g/mol. The van der Waals surface area contributed by atoms with Crippen LogP contribution in [0.4, 0.5) is 13.2 Å². The predicted octanol–water partition coefficient (Wildman–Crippen LogP) is 22.0. The number of fused-ring (bicyclic) bond motifs is 9. The second-order valence-electron chi connectivity index (χ2n) is 28.2. The van der Waals surface area contributed by atoms with Crippen LogP contribution in [-0.2, 0) is 27.8 Å². The highest BCUT2D eigenvalue weighted by Gasteiger charge is 2.32. The molecule has 442 valence electrons. The molecule has 0 saturated carbocycles. The molecule has 0 unspecified atom stereocenters. The van der Waals surface area contributed by atoms with Gasteiger partial charge in [-0.2, -0.15) is 13.2 Å². The number of para-hydroxylation sites is 5. The highest BCUT2D eigenvalue weighted by molar-refractivity contribution is 6.19. The molecule has 14 aromatic rings. The van der Waals surface area contributed by atoms with Crippen LogP contribution in [0.5, 0.6) is 0 Å². The van der Waals surface area contributed by atoms with Gasteiger partial charge in [-0.25, -0.2) is 15.0 Å². The van der Waals surface area contributed by atoms with Gasteiger partial charge in [-0.05, 0) is 153 Å². The van der Waals surface area contributed by atoms with E-state index in [1.807, 2.05) is 36.4 Å². The third-order valence-corrected chi connectivity index (χ3v) is 17.9. The number of halogens is 3. The van der Waals surface area contributed by atoms with Crippen LogP contribution in [0.25, 0.3) is 128 Å². The lowest BCUT2D eigenvalue weighted by atomic mass is 9.79. The Morgan fingerprint density at radius 1 is 0.270 bits per heavy atom. The molecular formula is C80H71F3N6. The number of aromatic nitrogens is 6. The average Bonchev–Trinajstić information content (AvgIpc) is 1.59. The molecule has 10 aromatic carbocycles. The van der Waals surface area contributed by atoms with Crippen molar-refractivity contribution in [3.05, 3.63) is 240 Å². The lowest BCUT2D eigenvalue weighted by Crippen LogP contribution is -2.17. The standard InChI is InChI=1S/C80H71F3N6/c1-76(2,3)52-38-49(39-53(43-52)77(4,5)6)74-84-73(85-75(86-74)50-40-54(78(7,8)9)44-55(41-50)79(10,11)12)48-34-36-69(61(42-48)57-26-17-21-31-66(57)88-67-32-22-18-27-58(67)62-45-51(80(81,82)83)35-37-70(62)88)89-68-33-23-19-29-60(68)64-46-63-59-28-16-20-30-65(59)87(71(63)47-72(64)89)56-24-14-13-15-25-56/h13-47H,1-12H3. The monoisotopic (exact) mass is 1170 g/mol. The van der Waals surface area contributed by atoms with Crippen LogP contribution in [0.1, 0.15) is 111 Å². The molecule has 6 nitrogen and oxygen atoms in total. The Hall–Kier alpha value is -9.60. The molecule has 0 aliphatic heterocycles. The summed E-state index contributed by atoms with van der Waals surface area (Å²) >= 11 is 0. The van der Waals surface area contributed by atoms with Gasteiger partial charge in [0.25, 0.3) is 0 Å². The van der Waals surface area contributed by atoms with Gasteiger partial charge in [-0.15, -0.1) is 0 Å². The smallest absolute Gasteiger partial charge is 0.309 e. The van der Waals surface area contributed by atoms with Crippen LogP contribution in [0, 0.1) is 0 Å². The zero-order valence-corrected chi connectivity index (χ0v) is 52.5. The molecule has 0 saturated heterocycles. The van der Waals surface area contributed by atoms with Crippen LogP contribution >= 0.6 is 0 Å². The van der Waals surface area contributed by atoms with Crippen molar-refractivity contribution in [1.82, 2.24) is 28.7 Å². The molecule has 89 heavy (non-hydrogen) atoms. The van der Waals surface area contributed by atoms with E-state index in [0.29, 0.717) is 28.4 Å². The van der Waals surface area contributed by atoms with Crippen LogP contribution < -0.4 is 0 Å². The molecule has 0 N–H and O–H groups in total. The van der Waals surface area contributed by atoms with Gasteiger partial charge in [0.2, 0.25) is 0 Å². The summed E-state index contributed by atoms with van der Waals surface area (Å²) in [6, 6.07) is 72.7. The third-order valence-electron chi connectivity index (χ3n) is 17.9. The van der Waals surface area contributed by atoms with Crippen molar-refractivity contribution >= 4 is 65.4 Å². The summed E-state index contributed by atoms with van der Waals surface area (Å²) in [5.74, 6) is 1.63. The molecule has 14 rings (SSSR count). The highest BCUT2D eigenvalue weighted by atomic mass is 19.4. The first-order valence-corrected chi connectivity index (χ1v) is 30.7. The molecule has 4 aromatic heterocycles. The number of nitrogens with zero attached hydrogens (tertiary/aromatic N) is 6. The van der Waals surface area contributed by atoms with Gasteiger partial charge in [0.1, 0.15) is 0 Å². The van der Waals surface area contributed by atoms with Gasteiger partial charge in [0.15, 0.2) is 17.5 Å². The Morgan fingerprint density at radius 2 is 0.663 bits per heavy atom. The fraction of sp³-hybridized carbons (Fsp3) is 0.212. The van der Waals surface area contributed by atoms with Gasteiger partial charge in [-0.3, -0.25) is 0 Å². The van der Waals surface area contributed by atoms with E-state index >= 15 is 0 Å². The molecule has 0 spiro atoms. The highest BCUT2D eigenvalue weighted by Crippen LogP contribution is 2.46. The third kappa shape index (κ3) is 9.96. The lowest BCUT2D eigenvalue weighted by molar-refractivity contribution is -0.137. The molecule has 0 amide bonds. The van der Waals surface area contributed by atoms with Crippen molar-refractivity contribution in [1.29, 1.82) is 0 Å². The second-order valence-corrected chi connectivity index (χ2v) is 28.2. The molecule has 0 fully saturated rings. The summed E-state index contributed by atoms with van der Waals surface area (Å²) in [4.78, 5) is 16.6. The fourth-order valence-electron chi connectivity index (χ4n) is 12.9. The Labute approximate surface area is 518 Å². The minimum atomic E-state index is -4.53.